The fourth-order valence-electron chi connectivity index (χ4n) is 3.47. The van der Waals surface area contributed by atoms with E-state index in [1.807, 2.05) is 53.4 Å². The van der Waals surface area contributed by atoms with Crippen molar-refractivity contribution in [1.29, 1.82) is 0 Å². The third kappa shape index (κ3) is 4.31. The maximum Gasteiger partial charge on any atom is 0.249 e. The smallest absolute Gasteiger partial charge is 0.249 e. The molecule has 0 saturated heterocycles. The Morgan fingerprint density at radius 1 is 1.04 bits per heavy atom. The number of benzene rings is 2. The van der Waals surface area contributed by atoms with Crippen molar-refractivity contribution in [1.82, 2.24) is 5.32 Å². The van der Waals surface area contributed by atoms with Crippen LogP contribution in [-0.2, 0) is 22.4 Å². The van der Waals surface area contributed by atoms with Crippen LogP contribution in [0.3, 0.4) is 0 Å². The predicted molar refractivity (Wildman–Crippen MR) is 104 cm³/mol. The molecule has 1 aliphatic heterocycles. The molecule has 0 unspecified atom stereocenters. The van der Waals surface area contributed by atoms with E-state index >= 15 is 0 Å². The van der Waals surface area contributed by atoms with Gasteiger partial charge >= 0.3 is 0 Å². The zero-order valence-corrected chi connectivity index (χ0v) is 15.4. The van der Waals surface area contributed by atoms with Gasteiger partial charge in [0.05, 0.1) is 6.42 Å². The quantitative estimate of drug-likeness (QED) is 0.868. The highest BCUT2D eigenvalue weighted by Crippen LogP contribution is 2.28. The summed E-state index contributed by atoms with van der Waals surface area (Å²) < 4.78 is 0. The monoisotopic (exact) mass is 350 g/mol. The summed E-state index contributed by atoms with van der Waals surface area (Å²) in [4.78, 5) is 27.5. The SMILES string of the molecule is CC(C)C[C@H](NC(=O)Cc1ccccc1)C(=O)N1CCc2ccccc21. The van der Waals surface area contributed by atoms with Gasteiger partial charge in [0.2, 0.25) is 11.8 Å². The lowest BCUT2D eigenvalue weighted by atomic mass is 10.0. The van der Waals surface area contributed by atoms with Gasteiger partial charge in [-0.1, -0.05) is 62.4 Å². The molecule has 0 bridgehead atoms. The highest BCUT2D eigenvalue weighted by Gasteiger charge is 2.31. The molecule has 3 rings (SSSR count). The van der Waals surface area contributed by atoms with Gasteiger partial charge in [0.15, 0.2) is 0 Å². The fraction of sp³-hybridized carbons (Fsp3) is 0.364. The Bertz CT molecular complexity index is 771. The summed E-state index contributed by atoms with van der Waals surface area (Å²) in [6.45, 7) is 4.82. The van der Waals surface area contributed by atoms with Gasteiger partial charge in [-0.2, -0.15) is 0 Å². The lowest BCUT2D eigenvalue weighted by Gasteiger charge is -2.26. The first-order valence-corrected chi connectivity index (χ1v) is 9.27. The lowest BCUT2D eigenvalue weighted by molar-refractivity contribution is -0.127. The van der Waals surface area contributed by atoms with Crippen LogP contribution in [-0.4, -0.2) is 24.4 Å². The molecule has 0 aliphatic carbocycles. The number of carbonyl (C=O) groups is 2. The molecule has 4 heteroatoms. The lowest BCUT2D eigenvalue weighted by Crippen LogP contribution is -2.49. The molecule has 1 aliphatic rings. The van der Waals surface area contributed by atoms with Gasteiger partial charge < -0.3 is 10.2 Å². The Morgan fingerprint density at radius 3 is 2.46 bits per heavy atom. The molecule has 1 heterocycles. The summed E-state index contributed by atoms with van der Waals surface area (Å²) in [6.07, 6.45) is 1.80. The summed E-state index contributed by atoms with van der Waals surface area (Å²) in [5, 5.41) is 2.97. The number of carbonyl (C=O) groups excluding carboxylic acids is 2. The third-order valence-corrected chi connectivity index (χ3v) is 4.70. The van der Waals surface area contributed by atoms with Gasteiger partial charge in [-0.15, -0.1) is 0 Å². The molecular formula is C22H26N2O2. The highest BCUT2D eigenvalue weighted by molar-refractivity contribution is 6.00. The van der Waals surface area contributed by atoms with E-state index < -0.39 is 6.04 Å². The predicted octanol–water partition coefficient (Wildman–Crippen LogP) is 3.35. The van der Waals surface area contributed by atoms with Crippen LogP contribution < -0.4 is 10.2 Å². The van der Waals surface area contributed by atoms with Crippen molar-refractivity contribution >= 4 is 17.5 Å². The molecule has 0 radical (unpaired) electrons. The minimum Gasteiger partial charge on any atom is -0.344 e. The molecule has 1 N–H and O–H groups in total. The second-order valence-electron chi connectivity index (χ2n) is 7.28. The van der Waals surface area contributed by atoms with E-state index in [4.69, 9.17) is 0 Å². The van der Waals surface area contributed by atoms with Gasteiger partial charge in [0.1, 0.15) is 6.04 Å². The Morgan fingerprint density at radius 2 is 1.73 bits per heavy atom. The fourth-order valence-corrected chi connectivity index (χ4v) is 3.47. The van der Waals surface area contributed by atoms with Crippen LogP contribution >= 0.6 is 0 Å². The largest absolute Gasteiger partial charge is 0.344 e. The normalized spacial score (nSPS) is 14.2. The molecule has 26 heavy (non-hydrogen) atoms. The van der Waals surface area contributed by atoms with Gasteiger partial charge in [-0.05, 0) is 36.0 Å². The molecule has 2 amide bonds. The molecule has 0 spiro atoms. The van der Waals surface area contributed by atoms with Crippen molar-refractivity contribution in [2.75, 3.05) is 11.4 Å². The second-order valence-corrected chi connectivity index (χ2v) is 7.28. The molecule has 0 fully saturated rings. The Labute approximate surface area is 155 Å². The highest BCUT2D eigenvalue weighted by atomic mass is 16.2. The topological polar surface area (TPSA) is 49.4 Å². The first-order chi connectivity index (χ1) is 12.5. The zero-order valence-electron chi connectivity index (χ0n) is 15.4. The Balaban J connectivity index is 1.71. The second kappa shape index (κ2) is 8.17. The summed E-state index contributed by atoms with van der Waals surface area (Å²) in [7, 11) is 0. The average Bonchev–Trinajstić information content (AvgIpc) is 3.05. The van der Waals surface area contributed by atoms with Gasteiger partial charge in [0.25, 0.3) is 0 Å². The van der Waals surface area contributed by atoms with Crippen LogP contribution in [0.1, 0.15) is 31.4 Å². The number of anilines is 1. The van der Waals surface area contributed by atoms with Crippen LogP contribution in [0.15, 0.2) is 54.6 Å². The standard InChI is InChI=1S/C22H26N2O2/c1-16(2)14-19(23-21(25)15-17-8-4-3-5-9-17)22(26)24-13-12-18-10-6-7-11-20(18)24/h3-11,16,19H,12-15H2,1-2H3,(H,23,25)/t19-/m0/s1. The van der Waals surface area contributed by atoms with E-state index in [0.29, 0.717) is 25.3 Å². The molecule has 136 valence electrons. The van der Waals surface area contributed by atoms with E-state index in [1.54, 1.807) is 0 Å². The molecule has 0 aromatic heterocycles. The van der Waals surface area contributed by atoms with E-state index in [1.165, 1.54) is 5.56 Å². The van der Waals surface area contributed by atoms with Crippen LogP contribution in [0.2, 0.25) is 0 Å². The van der Waals surface area contributed by atoms with Crippen molar-refractivity contribution in [2.45, 2.75) is 39.2 Å². The molecule has 1 atom stereocenters. The molecule has 2 aromatic carbocycles. The maximum atomic E-state index is 13.1. The summed E-state index contributed by atoms with van der Waals surface area (Å²) >= 11 is 0. The molecular weight excluding hydrogens is 324 g/mol. The number of rotatable bonds is 6. The van der Waals surface area contributed by atoms with Crippen molar-refractivity contribution in [3.8, 4) is 0 Å². The van der Waals surface area contributed by atoms with Crippen molar-refractivity contribution in [2.24, 2.45) is 5.92 Å². The van der Waals surface area contributed by atoms with Gasteiger partial charge in [-0.3, -0.25) is 9.59 Å². The van der Waals surface area contributed by atoms with Crippen LogP contribution in [0.25, 0.3) is 0 Å². The Kier molecular flexibility index (Phi) is 5.71. The van der Waals surface area contributed by atoms with E-state index in [2.05, 4.69) is 25.2 Å². The number of para-hydroxylation sites is 1. The molecule has 0 saturated carbocycles. The summed E-state index contributed by atoms with van der Waals surface area (Å²) in [6, 6.07) is 17.1. The maximum absolute atomic E-state index is 13.1. The average molecular weight is 350 g/mol. The zero-order chi connectivity index (χ0) is 18.5. The van der Waals surface area contributed by atoms with E-state index in [-0.39, 0.29) is 11.8 Å². The van der Waals surface area contributed by atoms with Crippen molar-refractivity contribution < 1.29 is 9.59 Å². The van der Waals surface area contributed by atoms with Crippen molar-refractivity contribution in [3.05, 3.63) is 65.7 Å². The van der Waals surface area contributed by atoms with Gasteiger partial charge in [-0.25, -0.2) is 0 Å². The number of hydrogen-bond acceptors (Lipinski definition) is 2. The number of fused-ring (bicyclic) bond motifs is 1. The van der Waals surface area contributed by atoms with Crippen LogP contribution in [0.4, 0.5) is 5.69 Å². The van der Waals surface area contributed by atoms with E-state index in [9.17, 15) is 9.59 Å². The summed E-state index contributed by atoms with van der Waals surface area (Å²) in [5.74, 6) is 0.201. The Hall–Kier alpha value is -2.62. The minimum atomic E-state index is -0.489. The van der Waals surface area contributed by atoms with Crippen LogP contribution in [0, 0.1) is 5.92 Å². The van der Waals surface area contributed by atoms with Crippen molar-refractivity contribution in [3.63, 3.8) is 0 Å². The molecule has 4 nitrogen and oxygen atoms in total. The van der Waals surface area contributed by atoms with E-state index in [0.717, 1.165) is 17.7 Å². The number of nitrogens with one attached hydrogen (secondary N) is 1. The van der Waals surface area contributed by atoms with Crippen LogP contribution in [0.5, 0.6) is 0 Å². The number of nitrogens with zero attached hydrogens (tertiary/aromatic N) is 1. The summed E-state index contributed by atoms with van der Waals surface area (Å²) in [5.41, 5.74) is 3.12. The van der Waals surface area contributed by atoms with Gasteiger partial charge in [0, 0.05) is 12.2 Å². The third-order valence-electron chi connectivity index (χ3n) is 4.70. The first kappa shape index (κ1) is 18.2. The number of amides is 2. The first-order valence-electron chi connectivity index (χ1n) is 9.27. The molecule has 2 aromatic rings. The minimum absolute atomic E-state index is 0.00920. The number of hydrogen-bond donors (Lipinski definition) is 1.